The minimum atomic E-state index is -0.518. The van der Waals surface area contributed by atoms with Crippen LogP contribution in [-0.2, 0) is 19.1 Å². The van der Waals surface area contributed by atoms with Gasteiger partial charge < -0.3 is 21.1 Å². The maximum Gasteiger partial charge on any atom is 0.325 e. The molecule has 4 N–H and O–H groups in total. The molecule has 0 fully saturated rings. The topological polar surface area (TPSA) is 111 Å². The van der Waals surface area contributed by atoms with Gasteiger partial charge in [-0.15, -0.1) is 12.4 Å². The lowest BCUT2D eigenvalue weighted by molar-refractivity contribution is -0.143. The maximum atomic E-state index is 11.0. The van der Waals surface area contributed by atoms with Gasteiger partial charge >= 0.3 is 5.97 Å². The summed E-state index contributed by atoms with van der Waals surface area (Å²) in [6, 6.07) is 0. The summed E-state index contributed by atoms with van der Waals surface area (Å²) in [6.45, 7) is 1.35. The number of esters is 1. The number of nitrogens with two attached hydrogens (primary N) is 1. The Morgan fingerprint density at radius 2 is 1.69 bits per heavy atom. The molecule has 0 atom stereocenters. The number of hydrogen-bond donors (Lipinski definition) is 3. The molecule has 0 heterocycles. The van der Waals surface area contributed by atoms with Gasteiger partial charge in [-0.1, -0.05) is 0 Å². The Bertz CT molecular complexity index is 247. The summed E-state index contributed by atoms with van der Waals surface area (Å²) in [5.74, 6) is -1.41. The van der Waals surface area contributed by atoms with E-state index < -0.39 is 17.8 Å². The normalized spacial score (nSPS) is 8.62. The van der Waals surface area contributed by atoms with Crippen molar-refractivity contribution >= 4 is 30.2 Å². The Hall–Kier alpha value is -1.34. The van der Waals surface area contributed by atoms with E-state index in [1.807, 2.05) is 0 Å². The number of ether oxygens (including phenoxy) is 1. The van der Waals surface area contributed by atoms with Crippen LogP contribution in [0.4, 0.5) is 0 Å². The summed E-state index contributed by atoms with van der Waals surface area (Å²) >= 11 is 0. The van der Waals surface area contributed by atoms with Gasteiger partial charge in [-0.05, 0) is 6.92 Å². The third kappa shape index (κ3) is 9.22. The molecule has 0 spiro atoms. The van der Waals surface area contributed by atoms with Crippen LogP contribution in [0.3, 0.4) is 0 Å². The Morgan fingerprint density at radius 3 is 2.19 bits per heavy atom. The molecule has 0 aromatic rings. The highest BCUT2D eigenvalue weighted by molar-refractivity contribution is 5.87. The van der Waals surface area contributed by atoms with E-state index in [1.165, 1.54) is 0 Å². The predicted molar refractivity (Wildman–Crippen MR) is 59.0 cm³/mol. The van der Waals surface area contributed by atoms with Crippen LogP contribution in [0.25, 0.3) is 0 Å². The quantitative estimate of drug-likeness (QED) is 0.482. The van der Waals surface area contributed by atoms with Crippen molar-refractivity contribution in [3.63, 3.8) is 0 Å². The van der Waals surface area contributed by atoms with Crippen molar-refractivity contribution in [3.8, 4) is 0 Å². The number of rotatable bonds is 6. The van der Waals surface area contributed by atoms with Crippen molar-refractivity contribution in [2.45, 2.75) is 6.92 Å². The first-order valence-corrected chi connectivity index (χ1v) is 4.49. The average Bonchev–Trinajstić information content (AvgIpc) is 2.23. The largest absolute Gasteiger partial charge is 0.465 e. The van der Waals surface area contributed by atoms with Gasteiger partial charge in [0, 0.05) is 0 Å². The first-order valence-electron chi connectivity index (χ1n) is 4.49. The molecule has 0 aliphatic rings. The van der Waals surface area contributed by atoms with E-state index in [0.29, 0.717) is 0 Å². The SMILES string of the molecule is CCOC(=O)CNC(=O)CNC(=O)CN.Cl. The van der Waals surface area contributed by atoms with Crippen molar-refractivity contribution in [1.29, 1.82) is 0 Å². The smallest absolute Gasteiger partial charge is 0.325 e. The second-order valence-corrected chi connectivity index (χ2v) is 2.56. The standard InChI is InChI=1S/C8H15N3O4.ClH/c1-2-15-8(14)5-11-7(13)4-10-6(12)3-9;/h2-5,9H2,1H3,(H,10,12)(H,11,13);1H. The Balaban J connectivity index is 0. The van der Waals surface area contributed by atoms with E-state index in [2.05, 4.69) is 15.4 Å². The lowest BCUT2D eigenvalue weighted by atomic mass is 10.5. The van der Waals surface area contributed by atoms with Crippen LogP contribution in [0.15, 0.2) is 0 Å². The summed E-state index contributed by atoms with van der Waals surface area (Å²) in [7, 11) is 0. The molecule has 0 unspecified atom stereocenters. The second kappa shape index (κ2) is 10.2. The van der Waals surface area contributed by atoms with E-state index >= 15 is 0 Å². The number of carbonyl (C=O) groups is 3. The third-order valence-corrected chi connectivity index (χ3v) is 1.37. The van der Waals surface area contributed by atoms with E-state index in [0.717, 1.165) is 0 Å². The fourth-order valence-corrected chi connectivity index (χ4v) is 0.696. The van der Waals surface area contributed by atoms with Gasteiger partial charge in [-0.3, -0.25) is 14.4 Å². The fourth-order valence-electron chi connectivity index (χ4n) is 0.696. The summed E-state index contributed by atoms with van der Waals surface area (Å²) in [5, 5.41) is 4.54. The minimum Gasteiger partial charge on any atom is -0.465 e. The zero-order chi connectivity index (χ0) is 11.7. The molecule has 16 heavy (non-hydrogen) atoms. The molecule has 0 rings (SSSR count). The van der Waals surface area contributed by atoms with Gasteiger partial charge in [0.25, 0.3) is 0 Å². The molecule has 94 valence electrons. The van der Waals surface area contributed by atoms with Gasteiger partial charge in [0.15, 0.2) is 0 Å². The van der Waals surface area contributed by atoms with E-state index in [-0.39, 0.29) is 38.6 Å². The van der Waals surface area contributed by atoms with E-state index in [4.69, 9.17) is 5.73 Å². The molecule has 0 aromatic carbocycles. The minimum absolute atomic E-state index is 0. The maximum absolute atomic E-state index is 11.0. The van der Waals surface area contributed by atoms with Crippen LogP contribution >= 0.6 is 12.4 Å². The molecule has 0 aliphatic heterocycles. The molecule has 0 bridgehead atoms. The summed E-state index contributed by atoms with van der Waals surface area (Å²) in [6.07, 6.45) is 0. The number of carbonyl (C=O) groups excluding carboxylic acids is 3. The summed E-state index contributed by atoms with van der Waals surface area (Å²) in [5.41, 5.74) is 5.00. The molecule has 0 saturated carbocycles. The predicted octanol–water partition coefficient (Wildman–Crippen LogP) is -1.84. The van der Waals surface area contributed by atoms with E-state index in [1.54, 1.807) is 6.92 Å². The Morgan fingerprint density at radius 1 is 1.12 bits per heavy atom. The number of hydrogen-bond acceptors (Lipinski definition) is 5. The molecule has 0 saturated heterocycles. The zero-order valence-electron chi connectivity index (χ0n) is 8.95. The number of nitrogens with one attached hydrogen (secondary N) is 2. The highest BCUT2D eigenvalue weighted by Crippen LogP contribution is 1.75. The molecule has 8 heteroatoms. The summed E-state index contributed by atoms with van der Waals surface area (Å²) in [4.78, 5) is 32.4. The molecule has 0 radical (unpaired) electrons. The van der Waals surface area contributed by atoms with Gasteiger partial charge in [-0.2, -0.15) is 0 Å². The zero-order valence-corrected chi connectivity index (χ0v) is 9.76. The van der Waals surface area contributed by atoms with Crippen LogP contribution in [0.2, 0.25) is 0 Å². The van der Waals surface area contributed by atoms with Crippen molar-refractivity contribution in [1.82, 2.24) is 10.6 Å². The summed E-state index contributed by atoms with van der Waals surface area (Å²) < 4.78 is 4.58. The van der Waals surface area contributed by atoms with E-state index in [9.17, 15) is 14.4 Å². The highest BCUT2D eigenvalue weighted by atomic mass is 35.5. The van der Waals surface area contributed by atoms with Gasteiger partial charge in [0.1, 0.15) is 6.54 Å². The lowest BCUT2D eigenvalue weighted by Crippen LogP contribution is -2.41. The molecule has 0 aliphatic carbocycles. The Labute approximate surface area is 99.5 Å². The molecular formula is C8H16ClN3O4. The first-order chi connectivity index (χ1) is 7.10. The van der Waals surface area contributed by atoms with Crippen LogP contribution < -0.4 is 16.4 Å². The van der Waals surface area contributed by atoms with Crippen molar-refractivity contribution in [2.75, 3.05) is 26.2 Å². The highest BCUT2D eigenvalue weighted by Gasteiger charge is 2.06. The first kappa shape index (κ1) is 17.1. The molecule has 0 aromatic heterocycles. The fraction of sp³-hybridized carbons (Fsp3) is 0.625. The van der Waals surface area contributed by atoms with Crippen molar-refractivity contribution < 1.29 is 19.1 Å². The molecular weight excluding hydrogens is 238 g/mol. The number of amides is 2. The van der Waals surface area contributed by atoms with Crippen molar-refractivity contribution in [3.05, 3.63) is 0 Å². The third-order valence-electron chi connectivity index (χ3n) is 1.37. The van der Waals surface area contributed by atoms with Crippen LogP contribution in [0.1, 0.15) is 6.92 Å². The van der Waals surface area contributed by atoms with Crippen LogP contribution in [0.5, 0.6) is 0 Å². The lowest BCUT2D eigenvalue weighted by Gasteiger charge is -2.05. The van der Waals surface area contributed by atoms with Gasteiger partial charge in [0.2, 0.25) is 11.8 Å². The van der Waals surface area contributed by atoms with Crippen molar-refractivity contribution in [2.24, 2.45) is 5.73 Å². The van der Waals surface area contributed by atoms with Gasteiger partial charge in [-0.25, -0.2) is 0 Å². The van der Waals surface area contributed by atoms with Crippen LogP contribution in [0, 0.1) is 0 Å². The van der Waals surface area contributed by atoms with Gasteiger partial charge in [0.05, 0.1) is 19.7 Å². The second-order valence-electron chi connectivity index (χ2n) is 2.56. The average molecular weight is 254 g/mol. The number of halogens is 1. The molecule has 2 amide bonds. The monoisotopic (exact) mass is 253 g/mol. The molecule has 7 nitrogen and oxygen atoms in total. The Kier molecular flexibility index (Phi) is 10.9. The van der Waals surface area contributed by atoms with Crippen LogP contribution in [-0.4, -0.2) is 44.0 Å².